The van der Waals surface area contributed by atoms with E-state index in [9.17, 15) is 0 Å². The molecule has 0 amide bonds. The molecule has 2 nitrogen and oxygen atoms in total. The normalized spacial score (nSPS) is 10.6. The summed E-state index contributed by atoms with van der Waals surface area (Å²) in [5, 5.41) is 5.06. The van der Waals surface area contributed by atoms with Crippen LogP contribution >= 0.6 is 11.6 Å². The van der Waals surface area contributed by atoms with Gasteiger partial charge in [-0.1, -0.05) is 23.7 Å². The molecule has 0 saturated carbocycles. The molecule has 2 rings (SSSR count). The standard InChI is InChI=1S/C12H13ClN2/c1-9-7-11(3-4-12(9)13)8-15-10(2)5-6-14-15/h3-7H,8H2,1-2H3. The molecule has 0 fully saturated rings. The molecule has 0 aliphatic rings. The van der Waals surface area contributed by atoms with Crippen LogP contribution in [0, 0.1) is 13.8 Å². The van der Waals surface area contributed by atoms with E-state index in [1.807, 2.05) is 36.0 Å². The molecule has 1 aromatic heterocycles. The number of aromatic nitrogens is 2. The monoisotopic (exact) mass is 220 g/mol. The Kier molecular flexibility index (Phi) is 2.78. The molecule has 0 N–H and O–H groups in total. The average molecular weight is 221 g/mol. The fourth-order valence-electron chi connectivity index (χ4n) is 1.54. The van der Waals surface area contributed by atoms with Crippen LogP contribution in [0.3, 0.4) is 0 Å². The number of nitrogens with zero attached hydrogens (tertiary/aromatic N) is 2. The van der Waals surface area contributed by atoms with Gasteiger partial charge in [-0.05, 0) is 37.1 Å². The quantitative estimate of drug-likeness (QED) is 0.760. The highest BCUT2D eigenvalue weighted by atomic mass is 35.5. The Morgan fingerprint density at radius 1 is 1.27 bits per heavy atom. The average Bonchev–Trinajstić information content (AvgIpc) is 2.59. The molecule has 0 spiro atoms. The molecule has 0 atom stereocenters. The highest BCUT2D eigenvalue weighted by molar-refractivity contribution is 6.31. The molecule has 1 aromatic carbocycles. The first-order valence-electron chi connectivity index (χ1n) is 4.90. The van der Waals surface area contributed by atoms with Crippen LogP contribution in [0.5, 0.6) is 0 Å². The van der Waals surface area contributed by atoms with Crippen molar-refractivity contribution in [3.63, 3.8) is 0 Å². The lowest BCUT2D eigenvalue weighted by Gasteiger charge is -2.06. The van der Waals surface area contributed by atoms with Gasteiger partial charge in [-0.2, -0.15) is 5.10 Å². The van der Waals surface area contributed by atoms with Gasteiger partial charge in [-0.3, -0.25) is 4.68 Å². The summed E-state index contributed by atoms with van der Waals surface area (Å²) >= 11 is 5.97. The van der Waals surface area contributed by atoms with Crippen LogP contribution in [0.1, 0.15) is 16.8 Å². The van der Waals surface area contributed by atoms with Crippen molar-refractivity contribution in [1.82, 2.24) is 9.78 Å². The summed E-state index contributed by atoms with van der Waals surface area (Å²) in [6.45, 7) is 4.87. The predicted octanol–water partition coefficient (Wildman–Crippen LogP) is 3.20. The van der Waals surface area contributed by atoms with Gasteiger partial charge in [-0.25, -0.2) is 0 Å². The largest absolute Gasteiger partial charge is 0.265 e. The fraction of sp³-hybridized carbons (Fsp3) is 0.250. The van der Waals surface area contributed by atoms with Crippen molar-refractivity contribution in [2.24, 2.45) is 0 Å². The minimum Gasteiger partial charge on any atom is -0.265 e. The molecular formula is C12H13ClN2. The maximum atomic E-state index is 5.97. The first-order valence-corrected chi connectivity index (χ1v) is 5.28. The van der Waals surface area contributed by atoms with Gasteiger partial charge in [0.1, 0.15) is 0 Å². The highest BCUT2D eigenvalue weighted by Crippen LogP contribution is 2.17. The summed E-state index contributed by atoms with van der Waals surface area (Å²) in [6, 6.07) is 8.08. The second-order valence-electron chi connectivity index (χ2n) is 3.71. The summed E-state index contributed by atoms with van der Waals surface area (Å²) in [7, 11) is 0. The third-order valence-corrected chi connectivity index (χ3v) is 2.91. The third-order valence-electron chi connectivity index (χ3n) is 2.48. The van der Waals surface area contributed by atoms with Gasteiger partial charge in [0, 0.05) is 16.9 Å². The smallest absolute Gasteiger partial charge is 0.0662 e. The molecular weight excluding hydrogens is 208 g/mol. The van der Waals surface area contributed by atoms with Gasteiger partial charge in [0.05, 0.1) is 6.54 Å². The zero-order chi connectivity index (χ0) is 10.8. The lowest BCUT2D eigenvalue weighted by atomic mass is 10.1. The Balaban J connectivity index is 2.25. The number of hydrogen-bond acceptors (Lipinski definition) is 1. The van der Waals surface area contributed by atoms with Crippen LogP contribution in [0.2, 0.25) is 5.02 Å². The molecule has 0 saturated heterocycles. The molecule has 0 radical (unpaired) electrons. The van der Waals surface area contributed by atoms with E-state index in [4.69, 9.17) is 11.6 Å². The molecule has 2 aromatic rings. The second-order valence-corrected chi connectivity index (χ2v) is 4.12. The van der Waals surface area contributed by atoms with Crippen molar-refractivity contribution in [2.75, 3.05) is 0 Å². The van der Waals surface area contributed by atoms with E-state index < -0.39 is 0 Å². The van der Waals surface area contributed by atoms with Crippen LogP contribution in [0.4, 0.5) is 0 Å². The van der Waals surface area contributed by atoms with Gasteiger partial charge in [0.15, 0.2) is 0 Å². The van der Waals surface area contributed by atoms with Gasteiger partial charge in [0.2, 0.25) is 0 Å². The minimum absolute atomic E-state index is 0.802. The van der Waals surface area contributed by atoms with Gasteiger partial charge in [-0.15, -0.1) is 0 Å². The molecule has 0 bridgehead atoms. The maximum Gasteiger partial charge on any atom is 0.0662 e. The molecule has 78 valence electrons. The Bertz CT molecular complexity index is 474. The molecule has 3 heteroatoms. The van der Waals surface area contributed by atoms with Crippen molar-refractivity contribution < 1.29 is 0 Å². The number of aryl methyl sites for hydroxylation is 2. The minimum atomic E-state index is 0.802. The summed E-state index contributed by atoms with van der Waals surface area (Å²) < 4.78 is 1.97. The number of rotatable bonds is 2. The molecule has 1 heterocycles. The highest BCUT2D eigenvalue weighted by Gasteiger charge is 2.01. The maximum absolute atomic E-state index is 5.97. The Morgan fingerprint density at radius 2 is 2.07 bits per heavy atom. The fourth-order valence-corrected chi connectivity index (χ4v) is 1.66. The van der Waals surface area contributed by atoms with Crippen LogP contribution in [-0.4, -0.2) is 9.78 Å². The SMILES string of the molecule is Cc1cc(Cn2nccc2C)ccc1Cl. The van der Waals surface area contributed by atoms with Crippen molar-refractivity contribution in [2.45, 2.75) is 20.4 Å². The van der Waals surface area contributed by atoms with Crippen molar-refractivity contribution >= 4 is 11.6 Å². The number of benzene rings is 1. The Hall–Kier alpha value is -1.28. The van der Waals surface area contributed by atoms with E-state index >= 15 is 0 Å². The van der Waals surface area contributed by atoms with E-state index in [0.717, 1.165) is 17.1 Å². The van der Waals surface area contributed by atoms with Crippen molar-refractivity contribution in [3.05, 3.63) is 52.3 Å². The molecule has 15 heavy (non-hydrogen) atoms. The third kappa shape index (κ3) is 2.21. The topological polar surface area (TPSA) is 17.8 Å². The summed E-state index contributed by atoms with van der Waals surface area (Å²) in [5.41, 5.74) is 3.50. The zero-order valence-electron chi connectivity index (χ0n) is 8.87. The summed E-state index contributed by atoms with van der Waals surface area (Å²) in [5.74, 6) is 0. The predicted molar refractivity (Wildman–Crippen MR) is 62.3 cm³/mol. The van der Waals surface area contributed by atoms with E-state index in [2.05, 4.69) is 18.1 Å². The molecule has 0 unspecified atom stereocenters. The first kappa shape index (κ1) is 10.2. The Labute approximate surface area is 94.5 Å². The van der Waals surface area contributed by atoms with E-state index in [-0.39, 0.29) is 0 Å². The van der Waals surface area contributed by atoms with Gasteiger partial charge in [0.25, 0.3) is 0 Å². The summed E-state index contributed by atoms with van der Waals surface area (Å²) in [6.07, 6.45) is 1.82. The van der Waals surface area contributed by atoms with Crippen molar-refractivity contribution in [1.29, 1.82) is 0 Å². The number of halogens is 1. The molecule has 0 aliphatic heterocycles. The van der Waals surface area contributed by atoms with E-state index in [1.54, 1.807) is 0 Å². The van der Waals surface area contributed by atoms with Crippen LogP contribution in [-0.2, 0) is 6.54 Å². The van der Waals surface area contributed by atoms with E-state index in [0.29, 0.717) is 0 Å². The Morgan fingerprint density at radius 3 is 2.67 bits per heavy atom. The first-order chi connectivity index (χ1) is 7.16. The van der Waals surface area contributed by atoms with Crippen LogP contribution in [0.25, 0.3) is 0 Å². The lowest BCUT2D eigenvalue weighted by molar-refractivity contribution is 0.665. The zero-order valence-corrected chi connectivity index (χ0v) is 9.62. The second kappa shape index (κ2) is 4.07. The van der Waals surface area contributed by atoms with Gasteiger partial charge >= 0.3 is 0 Å². The van der Waals surface area contributed by atoms with E-state index in [1.165, 1.54) is 11.3 Å². The van der Waals surface area contributed by atoms with Crippen LogP contribution < -0.4 is 0 Å². The van der Waals surface area contributed by atoms with Crippen LogP contribution in [0.15, 0.2) is 30.5 Å². The lowest BCUT2D eigenvalue weighted by Crippen LogP contribution is -2.03. The number of hydrogen-bond donors (Lipinski definition) is 0. The van der Waals surface area contributed by atoms with Crippen molar-refractivity contribution in [3.8, 4) is 0 Å². The molecule has 0 aliphatic carbocycles. The summed E-state index contributed by atoms with van der Waals surface area (Å²) in [4.78, 5) is 0. The van der Waals surface area contributed by atoms with Gasteiger partial charge < -0.3 is 0 Å².